The number of hydrogen-bond donors (Lipinski definition) is 2. The van der Waals surface area contributed by atoms with Gasteiger partial charge in [-0.3, -0.25) is 0 Å². The molecule has 1 heterocycles. The molecule has 0 saturated carbocycles. The second-order valence-electron chi connectivity index (χ2n) is 4.10. The summed E-state index contributed by atoms with van der Waals surface area (Å²) in [4.78, 5) is 8.24. The number of para-hydroxylation sites is 1. The summed E-state index contributed by atoms with van der Waals surface area (Å²) in [5.41, 5.74) is 2.26. The fourth-order valence-corrected chi connectivity index (χ4v) is 1.70. The number of aliphatic hydroxyl groups is 2. The molecule has 2 N–H and O–H groups in total. The molecule has 0 unspecified atom stereocenters. The van der Waals surface area contributed by atoms with Crippen LogP contribution in [-0.4, -0.2) is 26.8 Å². The predicted molar refractivity (Wildman–Crippen MR) is 70.0 cm³/mol. The molecule has 1 aromatic carbocycles. The summed E-state index contributed by atoms with van der Waals surface area (Å²) in [5.74, 6) is 0.632. The van der Waals surface area contributed by atoms with Gasteiger partial charge in [-0.25, -0.2) is 4.98 Å². The first-order valence-corrected chi connectivity index (χ1v) is 6.04. The number of hydrogen-bond acceptors (Lipinski definition) is 5. The van der Waals surface area contributed by atoms with Gasteiger partial charge in [-0.1, -0.05) is 18.2 Å². The maximum Gasteiger partial charge on any atom is 0.322 e. The monoisotopic (exact) mass is 260 g/mol. The average molecular weight is 260 g/mol. The Balaban J connectivity index is 2.23. The molecule has 0 amide bonds. The summed E-state index contributed by atoms with van der Waals surface area (Å²) in [6.45, 7) is 1.76. The van der Waals surface area contributed by atoms with Gasteiger partial charge in [0, 0.05) is 18.4 Å². The fourth-order valence-electron chi connectivity index (χ4n) is 1.70. The number of rotatable bonds is 5. The van der Waals surface area contributed by atoms with Crippen molar-refractivity contribution in [1.82, 2.24) is 9.97 Å². The average Bonchev–Trinajstić information content (AvgIpc) is 2.41. The van der Waals surface area contributed by atoms with Gasteiger partial charge in [-0.05, 0) is 25.0 Å². The van der Waals surface area contributed by atoms with E-state index in [-0.39, 0.29) is 19.2 Å². The molecule has 0 bridgehead atoms. The largest absolute Gasteiger partial charge is 0.424 e. The zero-order valence-corrected chi connectivity index (χ0v) is 10.7. The van der Waals surface area contributed by atoms with E-state index in [2.05, 4.69) is 9.97 Å². The molecule has 1 aromatic heterocycles. The molecular weight excluding hydrogens is 244 g/mol. The number of aryl methyl sites for hydroxylation is 1. The molecule has 0 aliphatic carbocycles. The minimum atomic E-state index is -0.0901. The normalized spacial score (nSPS) is 10.5. The van der Waals surface area contributed by atoms with Gasteiger partial charge in [0.1, 0.15) is 5.75 Å². The van der Waals surface area contributed by atoms with Gasteiger partial charge in [0.15, 0.2) is 0 Å². The van der Waals surface area contributed by atoms with E-state index in [9.17, 15) is 0 Å². The topological polar surface area (TPSA) is 75.5 Å². The molecule has 0 spiro atoms. The van der Waals surface area contributed by atoms with Crippen LogP contribution in [0.3, 0.4) is 0 Å². The van der Waals surface area contributed by atoms with Crippen LogP contribution in [0, 0.1) is 6.92 Å². The maximum atomic E-state index is 9.06. The third kappa shape index (κ3) is 3.27. The molecule has 2 rings (SSSR count). The van der Waals surface area contributed by atoms with Gasteiger partial charge in [0.2, 0.25) is 0 Å². The summed E-state index contributed by atoms with van der Waals surface area (Å²) < 4.78 is 5.63. The molecule has 19 heavy (non-hydrogen) atoms. The van der Waals surface area contributed by atoms with E-state index in [1.807, 2.05) is 24.3 Å². The summed E-state index contributed by atoms with van der Waals surface area (Å²) in [5, 5.41) is 18.1. The number of benzene rings is 1. The molecule has 0 aliphatic rings. The van der Waals surface area contributed by atoms with E-state index in [0.717, 1.165) is 5.56 Å². The van der Waals surface area contributed by atoms with Crippen LogP contribution in [0.4, 0.5) is 0 Å². The molecule has 2 aromatic rings. The van der Waals surface area contributed by atoms with Crippen molar-refractivity contribution in [2.24, 2.45) is 0 Å². The van der Waals surface area contributed by atoms with Crippen molar-refractivity contribution in [1.29, 1.82) is 0 Å². The highest BCUT2D eigenvalue weighted by Crippen LogP contribution is 2.23. The Hall–Kier alpha value is -1.98. The lowest BCUT2D eigenvalue weighted by Crippen LogP contribution is -2.00. The molecule has 0 saturated heterocycles. The van der Waals surface area contributed by atoms with Crippen molar-refractivity contribution in [2.75, 3.05) is 6.61 Å². The predicted octanol–water partition coefficient (Wildman–Crippen LogP) is 1.60. The lowest BCUT2D eigenvalue weighted by atomic mass is 10.1. The smallest absolute Gasteiger partial charge is 0.322 e. The fraction of sp³-hybridized carbons (Fsp3) is 0.286. The first-order valence-electron chi connectivity index (χ1n) is 6.04. The Morgan fingerprint density at radius 3 is 2.63 bits per heavy atom. The van der Waals surface area contributed by atoms with Crippen LogP contribution in [-0.2, 0) is 13.0 Å². The van der Waals surface area contributed by atoms with Gasteiger partial charge >= 0.3 is 6.01 Å². The van der Waals surface area contributed by atoms with Gasteiger partial charge in [0.05, 0.1) is 12.3 Å². The summed E-state index contributed by atoms with van der Waals surface area (Å²) in [6, 6.07) is 7.67. The Morgan fingerprint density at radius 1 is 1.16 bits per heavy atom. The van der Waals surface area contributed by atoms with Crippen LogP contribution in [0.5, 0.6) is 11.8 Å². The van der Waals surface area contributed by atoms with E-state index < -0.39 is 0 Å². The van der Waals surface area contributed by atoms with Crippen molar-refractivity contribution in [3.63, 3.8) is 0 Å². The SMILES string of the molecule is Cc1nc(Oc2ccccc2CCO)ncc1CO. The number of aliphatic hydroxyl groups excluding tert-OH is 2. The summed E-state index contributed by atoms with van der Waals surface area (Å²) in [6.07, 6.45) is 2.07. The minimum Gasteiger partial charge on any atom is -0.424 e. The van der Waals surface area contributed by atoms with Crippen LogP contribution in [0.1, 0.15) is 16.8 Å². The Morgan fingerprint density at radius 2 is 1.95 bits per heavy atom. The van der Waals surface area contributed by atoms with Crippen molar-refractivity contribution < 1.29 is 14.9 Å². The van der Waals surface area contributed by atoms with E-state index >= 15 is 0 Å². The molecule has 0 radical (unpaired) electrons. The quantitative estimate of drug-likeness (QED) is 0.854. The highest BCUT2D eigenvalue weighted by Gasteiger charge is 2.07. The lowest BCUT2D eigenvalue weighted by molar-refractivity contribution is 0.279. The Labute approximate surface area is 111 Å². The molecule has 5 heteroatoms. The van der Waals surface area contributed by atoms with E-state index in [1.165, 1.54) is 0 Å². The lowest BCUT2D eigenvalue weighted by Gasteiger charge is -2.09. The van der Waals surface area contributed by atoms with Crippen molar-refractivity contribution in [2.45, 2.75) is 20.0 Å². The van der Waals surface area contributed by atoms with Crippen LogP contribution in [0.15, 0.2) is 30.5 Å². The van der Waals surface area contributed by atoms with Gasteiger partial charge in [-0.2, -0.15) is 4.98 Å². The standard InChI is InChI=1S/C14H16N2O3/c1-10-12(9-18)8-15-14(16-10)19-13-5-3-2-4-11(13)6-7-17/h2-5,8,17-18H,6-7,9H2,1H3. The molecule has 5 nitrogen and oxygen atoms in total. The van der Waals surface area contributed by atoms with Gasteiger partial charge in [-0.15, -0.1) is 0 Å². The van der Waals surface area contributed by atoms with Crippen molar-refractivity contribution in [3.8, 4) is 11.8 Å². The first kappa shape index (κ1) is 13.5. The van der Waals surface area contributed by atoms with Gasteiger partial charge in [0.25, 0.3) is 0 Å². The van der Waals surface area contributed by atoms with Crippen LogP contribution >= 0.6 is 0 Å². The highest BCUT2D eigenvalue weighted by atomic mass is 16.5. The van der Waals surface area contributed by atoms with Gasteiger partial charge < -0.3 is 14.9 Å². The molecule has 0 fully saturated rings. The molecular formula is C14H16N2O3. The second kappa shape index (κ2) is 6.26. The second-order valence-corrected chi connectivity index (χ2v) is 4.10. The third-order valence-corrected chi connectivity index (χ3v) is 2.78. The van der Waals surface area contributed by atoms with E-state index in [0.29, 0.717) is 23.4 Å². The summed E-state index contributed by atoms with van der Waals surface area (Å²) >= 11 is 0. The zero-order chi connectivity index (χ0) is 13.7. The maximum absolute atomic E-state index is 9.06. The molecule has 0 aliphatic heterocycles. The first-order chi connectivity index (χ1) is 9.24. The summed E-state index contributed by atoms with van der Waals surface area (Å²) in [7, 11) is 0. The van der Waals surface area contributed by atoms with Crippen molar-refractivity contribution in [3.05, 3.63) is 47.3 Å². The molecule has 100 valence electrons. The number of ether oxygens (including phenoxy) is 1. The Kier molecular flexibility index (Phi) is 4.43. The zero-order valence-electron chi connectivity index (χ0n) is 10.7. The number of aromatic nitrogens is 2. The Bertz CT molecular complexity index is 558. The van der Waals surface area contributed by atoms with E-state index in [4.69, 9.17) is 14.9 Å². The highest BCUT2D eigenvalue weighted by molar-refractivity contribution is 5.35. The van der Waals surface area contributed by atoms with Crippen LogP contribution in [0.2, 0.25) is 0 Å². The van der Waals surface area contributed by atoms with Crippen LogP contribution < -0.4 is 4.74 Å². The van der Waals surface area contributed by atoms with Crippen molar-refractivity contribution >= 4 is 0 Å². The van der Waals surface area contributed by atoms with E-state index in [1.54, 1.807) is 13.1 Å². The molecule has 0 atom stereocenters. The third-order valence-electron chi connectivity index (χ3n) is 2.78. The van der Waals surface area contributed by atoms with Crippen LogP contribution in [0.25, 0.3) is 0 Å². The minimum absolute atomic E-state index is 0.0592. The number of nitrogens with zero attached hydrogens (tertiary/aromatic N) is 2.